The molecule has 4 heteroatoms. The Hall–Kier alpha value is -1.71. The molecule has 0 saturated heterocycles. The summed E-state index contributed by atoms with van der Waals surface area (Å²) in [5.74, 6) is -1.04. The number of nitrogens with two attached hydrogens (primary N) is 2. The number of aliphatic carboxylic acids is 1. The predicted octanol–water partition coefficient (Wildman–Crippen LogP) is 1.89. The Morgan fingerprint density at radius 2 is 2.12 bits per heavy atom. The van der Waals surface area contributed by atoms with Crippen molar-refractivity contribution in [1.29, 1.82) is 0 Å². The lowest BCUT2D eigenvalue weighted by atomic mass is 10.00. The molecule has 16 heavy (non-hydrogen) atoms. The number of hydrogen-bond donors (Lipinski definition) is 3. The highest BCUT2D eigenvalue weighted by molar-refractivity contribution is 5.69. The third-order valence-corrected chi connectivity index (χ3v) is 2.67. The fourth-order valence-corrected chi connectivity index (χ4v) is 1.56. The molecule has 4 nitrogen and oxygen atoms in total. The van der Waals surface area contributed by atoms with Gasteiger partial charge >= 0.3 is 5.97 Å². The monoisotopic (exact) mass is 222 g/mol. The zero-order valence-electron chi connectivity index (χ0n) is 9.44. The minimum atomic E-state index is -0.745. The van der Waals surface area contributed by atoms with Crippen molar-refractivity contribution in [2.45, 2.75) is 26.2 Å². The van der Waals surface area contributed by atoms with Gasteiger partial charge in [-0.3, -0.25) is 4.79 Å². The number of carboxylic acid groups (broad SMARTS) is 1. The molecule has 0 spiro atoms. The molecule has 88 valence electrons. The van der Waals surface area contributed by atoms with Gasteiger partial charge in [0, 0.05) is 11.4 Å². The molecule has 1 aromatic carbocycles. The average Bonchev–Trinajstić information content (AvgIpc) is 2.20. The maximum absolute atomic E-state index is 10.6. The maximum atomic E-state index is 10.6. The molecular weight excluding hydrogens is 204 g/mol. The fourth-order valence-electron chi connectivity index (χ4n) is 1.56. The van der Waals surface area contributed by atoms with Crippen molar-refractivity contribution in [3.63, 3.8) is 0 Å². The topological polar surface area (TPSA) is 89.3 Å². The van der Waals surface area contributed by atoms with Crippen LogP contribution in [0.25, 0.3) is 0 Å². The smallest absolute Gasteiger partial charge is 0.306 e. The first-order chi connectivity index (χ1) is 7.50. The summed E-state index contributed by atoms with van der Waals surface area (Å²) in [6.45, 7) is 1.72. The van der Waals surface area contributed by atoms with Crippen LogP contribution in [-0.2, 0) is 11.2 Å². The SMILES string of the molecule is CC(CCCc1ccc(N)cc1N)C(=O)O. The summed E-state index contributed by atoms with van der Waals surface area (Å²) >= 11 is 0. The Balaban J connectivity index is 2.46. The Labute approximate surface area is 95.3 Å². The molecule has 1 atom stereocenters. The van der Waals surface area contributed by atoms with Crippen LogP contribution in [0.4, 0.5) is 11.4 Å². The van der Waals surface area contributed by atoms with E-state index < -0.39 is 5.97 Å². The fraction of sp³-hybridized carbons (Fsp3) is 0.417. The molecule has 1 aromatic rings. The highest BCUT2D eigenvalue weighted by Crippen LogP contribution is 2.19. The Morgan fingerprint density at radius 3 is 2.69 bits per heavy atom. The minimum Gasteiger partial charge on any atom is -0.481 e. The van der Waals surface area contributed by atoms with E-state index in [0.29, 0.717) is 17.8 Å². The molecule has 0 aliphatic heterocycles. The molecule has 1 rings (SSSR count). The molecule has 0 aliphatic carbocycles. The number of benzene rings is 1. The quantitative estimate of drug-likeness (QED) is 0.664. The minimum absolute atomic E-state index is 0.296. The molecule has 1 unspecified atom stereocenters. The third kappa shape index (κ3) is 3.46. The summed E-state index contributed by atoms with van der Waals surface area (Å²) in [5.41, 5.74) is 13.8. The lowest BCUT2D eigenvalue weighted by Gasteiger charge is -2.08. The average molecular weight is 222 g/mol. The zero-order valence-corrected chi connectivity index (χ0v) is 9.44. The Kier molecular flexibility index (Phi) is 4.17. The second-order valence-corrected chi connectivity index (χ2v) is 4.09. The van der Waals surface area contributed by atoms with Crippen LogP contribution < -0.4 is 11.5 Å². The predicted molar refractivity (Wildman–Crippen MR) is 65.0 cm³/mol. The molecule has 0 fully saturated rings. The van der Waals surface area contributed by atoms with Crippen molar-refractivity contribution in [1.82, 2.24) is 0 Å². The molecule has 0 amide bonds. The zero-order chi connectivity index (χ0) is 12.1. The van der Waals surface area contributed by atoms with Crippen molar-refractivity contribution < 1.29 is 9.90 Å². The molecule has 0 aromatic heterocycles. The molecule has 0 bridgehead atoms. The van der Waals surface area contributed by atoms with E-state index >= 15 is 0 Å². The summed E-state index contributed by atoms with van der Waals surface area (Å²) in [4.78, 5) is 10.6. The summed E-state index contributed by atoms with van der Waals surface area (Å²) in [7, 11) is 0. The molecule has 0 radical (unpaired) electrons. The van der Waals surface area contributed by atoms with Crippen molar-refractivity contribution >= 4 is 17.3 Å². The van der Waals surface area contributed by atoms with Gasteiger partial charge in [0.15, 0.2) is 0 Å². The number of carbonyl (C=O) groups is 1. The van der Waals surface area contributed by atoms with Gasteiger partial charge in [-0.15, -0.1) is 0 Å². The number of carboxylic acids is 1. The van der Waals surface area contributed by atoms with Crippen LogP contribution in [0.5, 0.6) is 0 Å². The highest BCUT2D eigenvalue weighted by atomic mass is 16.4. The van der Waals surface area contributed by atoms with E-state index in [1.807, 2.05) is 12.1 Å². The summed E-state index contributed by atoms with van der Waals surface area (Å²) in [5, 5.41) is 8.73. The molecule has 0 aliphatic rings. The van der Waals surface area contributed by atoms with Crippen molar-refractivity contribution in [2.75, 3.05) is 11.5 Å². The first kappa shape index (κ1) is 12.4. The number of nitrogen functional groups attached to an aromatic ring is 2. The Morgan fingerprint density at radius 1 is 1.44 bits per heavy atom. The molecule has 0 heterocycles. The van der Waals surface area contributed by atoms with Gasteiger partial charge < -0.3 is 16.6 Å². The number of rotatable bonds is 5. The van der Waals surface area contributed by atoms with Gasteiger partial charge in [0.2, 0.25) is 0 Å². The van der Waals surface area contributed by atoms with Crippen LogP contribution in [0, 0.1) is 5.92 Å². The lowest BCUT2D eigenvalue weighted by molar-refractivity contribution is -0.141. The number of hydrogen-bond acceptors (Lipinski definition) is 3. The third-order valence-electron chi connectivity index (χ3n) is 2.67. The van der Waals surface area contributed by atoms with E-state index in [9.17, 15) is 4.79 Å². The number of anilines is 2. The van der Waals surface area contributed by atoms with E-state index in [1.54, 1.807) is 13.0 Å². The van der Waals surface area contributed by atoms with E-state index in [2.05, 4.69) is 0 Å². The van der Waals surface area contributed by atoms with Crippen LogP contribution in [-0.4, -0.2) is 11.1 Å². The largest absolute Gasteiger partial charge is 0.481 e. The van der Waals surface area contributed by atoms with E-state index in [-0.39, 0.29) is 5.92 Å². The van der Waals surface area contributed by atoms with Gasteiger partial charge in [0.1, 0.15) is 0 Å². The van der Waals surface area contributed by atoms with E-state index in [4.69, 9.17) is 16.6 Å². The van der Waals surface area contributed by atoms with Gasteiger partial charge in [-0.1, -0.05) is 13.0 Å². The van der Waals surface area contributed by atoms with Gasteiger partial charge in [0.05, 0.1) is 5.92 Å². The summed E-state index contributed by atoms with van der Waals surface area (Å²) in [6, 6.07) is 5.44. The van der Waals surface area contributed by atoms with E-state index in [1.165, 1.54) is 0 Å². The summed E-state index contributed by atoms with van der Waals surface area (Å²) < 4.78 is 0. The van der Waals surface area contributed by atoms with Crippen LogP contribution in [0.1, 0.15) is 25.3 Å². The normalized spacial score (nSPS) is 12.3. The summed E-state index contributed by atoms with van der Waals surface area (Å²) in [6.07, 6.45) is 2.28. The second-order valence-electron chi connectivity index (χ2n) is 4.09. The highest BCUT2D eigenvalue weighted by Gasteiger charge is 2.10. The first-order valence-electron chi connectivity index (χ1n) is 5.37. The van der Waals surface area contributed by atoms with Crippen LogP contribution in [0.15, 0.2) is 18.2 Å². The molecule has 0 saturated carbocycles. The second kappa shape index (κ2) is 5.39. The van der Waals surface area contributed by atoms with Crippen LogP contribution >= 0.6 is 0 Å². The van der Waals surface area contributed by atoms with Gasteiger partial charge in [-0.25, -0.2) is 0 Å². The van der Waals surface area contributed by atoms with Crippen molar-refractivity contribution in [2.24, 2.45) is 5.92 Å². The van der Waals surface area contributed by atoms with Crippen LogP contribution in [0.2, 0.25) is 0 Å². The van der Waals surface area contributed by atoms with E-state index in [0.717, 1.165) is 18.4 Å². The standard InChI is InChI=1S/C12H18N2O2/c1-8(12(15)16)3-2-4-9-5-6-10(13)7-11(9)14/h5-8H,2-4,13-14H2,1H3,(H,15,16). The molecule has 5 N–H and O–H groups in total. The van der Waals surface area contributed by atoms with Crippen molar-refractivity contribution in [3.8, 4) is 0 Å². The first-order valence-corrected chi connectivity index (χ1v) is 5.37. The van der Waals surface area contributed by atoms with Gasteiger partial charge in [-0.2, -0.15) is 0 Å². The van der Waals surface area contributed by atoms with Crippen LogP contribution in [0.3, 0.4) is 0 Å². The Bertz CT molecular complexity index is 377. The number of aryl methyl sites for hydroxylation is 1. The van der Waals surface area contributed by atoms with Crippen molar-refractivity contribution in [3.05, 3.63) is 23.8 Å². The maximum Gasteiger partial charge on any atom is 0.306 e. The van der Waals surface area contributed by atoms with Gasteiger partial charge in [0.25, 0.3) is 0 Å². The molecular formula is C12H18N2O2. The lowest BCUT2D eigenvalue weighted by Crippen LogP contribution is -2.09. The van der Waals surface area contributed by atoms with Gasteiger partial charge in [-0.05, 0) is 37.0 Å².